The number of rotatable bonds is 7. The van der Waals surface area contributed by atoms with E-state index < -0.39 is 23.8 Å². The molecule has 100 valence electrons. The SMILES string of the molecule is CCCCOC(=O)C(C)(C(=O)OCC)C(F)F. The number of carbonyl (C=O) groups excluding carboxylic acids is 2. The zero-order valence-corrected chi connectivity index (χ0v) is 10.3. The summed E-state index contributed by atoms with van der Waals surface area (Å²) in [7, 11) is 0. The Kier molecular flexibility index (Phi) is 6.68. The number of ether oxygens (including phenoxy) is 2. The Hall–Kier alpha value is -1.20. The van der Waals surface area contributed by atoms with Crippen molar-refractivity contribution in [1.82, 2.24) is 0 Å². The van der Waals surface area contributed by atoms with E-state index in [4.69, 9.17) is 0 Å². The molecule has 0 aliphatic heterocycles. The van der Waals surface area contributed by atoms with Crippen LogP contribution in [-0.4, -0.2) is 31.6 Å². The molecule has 0 aromatic carbocycles. The van der Waals surface area contributed by atoms with E-state index in [1.54, 1.807) is 0 Å². The molecule has 4 nitrogen and oxygen atoms in total. The van der Waals surface area contributed by atoms with Crippen LogP contribution in [0.3, 0.4) is 0 Å². The maximum atomic E-state index is 12.8. The molecule has 0 fully saturated rings. The molecule has 0 aliphatic rings. The monoisotopic (exact) mass is 252 g/mol. The first-order chi connectivity index (χ1) is 7.91. The van der Waals surface area contributed by atoms with Gasteiger partial charge in [-0.25, -0.2) is 8.78 Å². The normalized spacial score (nSPS) is 14.2. The minimum atomic E-state index is -3.16. The van der Waals surface area contributed by atoms with E-state index in [0.717, 1.165) is 13.3 Å². The van der Waals surface area contributed by atoms with Crippen molar-refractivity contribution in [3.63, 3.8) is 0 Å². The first-order valence-electron chi connectivity index (χ1n) is 5.53. The van der Waals surface area contributed by atoms with Crippen molar-refractivity contribution in [2.24, 2.45) is 5.41 Å². The predicted octanol–water partition coefficient (Wildman–Crippen LogP) is 2.16. The second-order valence-electron chi connectivity index (χ2n) is 3.71. The minimum Gasteiger partial charge on any atom is -0.465 e. The van der Waals surface area contributed by atoms with E-state index in [-0.39, 0.29) is 13.2 Å². The van der Waals surface area contributed by atoms with Crippen LogP contribution in [0.2, 0.25) is 0 Å². The lowest BCUT2D eigenvalue weighted by molar-refractivity contribution is -0.182. The van der Waals surface area contributed by atoms with Crippen molar-refractivity contribution >= 4 is 11.9 Å². The van der Waals surface area contributed by atoms with Gasteiger partial charge in [0.2, 0.25) is 5.41 Å². The Morgan fingerprint density at radius 2 is 1.71 bits per heavy atom. The zero-order valence-electron chi connectivity index (χ0n) is 10.3. The highest BCUT2D eigenvalue weighted by Crippen LogP contribution is 2.29. The summed E-state index contributed by atoms with van der Waals surface area (Å²) < 4.78 is 34.8. The van der Waals surface area contributed by atoms with Crippen molar-refractivity contribution in [3.05, 3.63) is 0 Å². The number of esters is 2. The summed E-state index contributed by atoms with van der Waals surface area (Å²) in [4.78, 5) is 22.9. The highest BCUT2D eigenvalue weighted by Gasteiger charge is 2.52. The molecule has 1 atom stereocenters. The van der Waals surface area contributed by atoms with E-state index in [1.807, 2.05) is 6.92 Å². The van der Waals surface area contributed by atoms with Crippen molar-refractivity contribution in [3.8, 4) is 0 Å². The number of carbonyl (C=O) groups is 2. The second kappa shape index (κ2) is 7.19. The number of halogens is 2. The topological polar surface area (TPSA) is 52.6 Å². The number of unbranched alkanes of at least 4 members (excludes halogenated alkanes) is 1. The van der Waals surface area contributed by atoms with Crippen LogP contribution in [0.4, 0.5) is 8.78 Å². The standard InChI is InChI=1S/C11H18F2O4/c1-4-6-7-17-10(15)11(3,8(12)13)9(14)16-5-2/h8H,4-7H2,1-3H3. The van der Waals surface area contributed by atoms with Crippen molar-refractivity contribution < 1.29 is 27.8 Å². The first kappa shape index (κ1) is 15.8. The Morgan fingerprint density at radius 3 is 2.12 bits per heavy atom. The third kappa shape index (κ3) is 3.94. The fourth-order valence-corrected chi connectivity index (χ4v) is 1.00. The summed E-state index contributed by atoms with van der Waals surface area (Å²) >= 11 is 0. The fraction of sp³-hybridized carbons (Fsp3) is 0.818. The van der Waals surface area contributed by atoms with Gasteiger partial charge in [0.15, 0.2) is 0 Å². The van der Waals surface area contributed by atoms with Gasteiger partial charge in [0.1, 0.15) is 0 Å². The molecule has 0 aromatic heterocycles. The van der Waals surface area contributed by atoms with E-state index in [9.17, 15) is 18.4 Å². The molecule has 6 heteroatoms. The molecule has 0 bridgehead atoms. The lowest BCUT2D eigenvalue weighted by atomic mass is 9.91. The van der Waals surface area contributed by atoms with Gasteiger partial charge in [0.25, 0.3) is 6.43 Å². The summed E-state index contributed by atoms with van der Waals surface area (Å²) in [6.45, 7) is 4.14. The third-order valence-corrected chi connectivity index (χ3v) is 2.29. The average molecular weight is 252 g/mol. The van der Waals surface area contributed by atoms with Gasteiger partial charge in [0.05, 0.1) is 13.2 Å². The Balaban J connectivity index is 4.70. The van der Waals surface area contributed by atoms with Gasteiger partial charge in [-0.15, -0.1) is 0 Å². The van der Waals surface area contributed by atoms with Gasteiger partial charge in [-0.1, -0.05) is 13.3 Å². The molecule has 0 radical (unpaired) electrons. The third-order valence-electron chi connectivity index (χ3n) is 2.29. The highest BCUT2D eigenvalue weighted by molar-refractivity contribution is 6.00. The minimum absolute atomic E-state index is 0.0248. The van der Waals surface area contributed by atoms with Crippen LogP contribution in [0, 0.1) is 5.41 Å². The summed E-state index contributed by atoms with van der Waals surface area (Å²) in [6, 6.07) is 0. The summed E-state index contributed by atoms with van der Waals surface area (Å²) in [5.74, 6) is -2.49. The number of hydrogen-bond donors (Lipinski definition) is 0. The molecule has 0 saturated heterocycles. The summed E-state index contributed by atoms with van der Waals surface area (Å²) in [5.41, 5.74) is -2.54. The quantitative estimate of drug-likeness (QED) is 0.396. The van der Waals surface area contributed by atoms with Crippen LogP contribution in [0.1, 0.15) is 33.6 Å². The van der Waals surface area contributed by atoms with Gasteiger partial charge < -0.3 is 9.47 Å². The van der Waals surface area contributed by atoms with Gasteiger partial charge in [-0.05, 0) is 20.3 Å². The molecule has 0 N–H and O–H groups in total. The lowest BCUT2D eigenvalue weighted by Crippen LogP contribution is -2.45. The zero-order chi connectivity index (χ0) is 13.5. The molecule has 0 rings (SSSR count). The van der Waals surface area contributed by atoms with Gasteiger partial charge in [-0.3, -0.25) is 9.59 Å². The first-order valence-corrected chi connectivity index (χ1v) is 5.53. The van der Waals surface area contributed by atoms with Crippen molar-refractivity contribution in [2.45, 2.75) is 40.0 Å². The largest absolute Gasteiger partial charge is 0.465 e. The molecule has 0 saturated carbocycles. The number of alkyl halides is 2. The van der Waals surface area contributed by atoms with Crippen LogP contribution < -0.4 is 0 Å². The van der Waals surface area contributed by atoms with Gasteiger partial charge in [-0.2, -0.15) is 0 Å². The van der Waals surface area contributed by atoms with Crippen LogP contribution in [0.5, 0.6) is 0 Å². The van der Waals surface area contributed by atoms with E-state index >= 15 is 0 Å². The molecule has 0 amide bonds. The van der Waals surface area contributed by atoms with Crippen molar-refractivity contribution in [2.75, 3.05) is 13.2 Å². The molecule has 0 aliphatic carbocycles. The van der Waals surface area contributed by atoms with E-state index in [2.05, 4.69) is 9.47 Å². The Bertz CT molecular complexity index is 268. The molecule has 0 heterocycles. The van der Waals surface area contributed by atoms with Crippen LogP contribution >= 0.6 is 0 Å². The molecule has 0 aromatic rings. The summed E-state index contributed by atoms with van der Waals surface area (Å²) in [6.07, 6.45) is -1.83. The number of hydrogen-bond acceptors (Lipinski definition) is 4. The molecular weight excluding hydrogens is 234 g/mol. The molecule has 1 unspecified atom stereocenters. The van der Waals surface area contributed by atoms with Crippen molar-refractivity contribution in [1.29, 1.82) is 0 Å². The van der Waals surface area contributed by atoms with Gasteiger partial charge >= 0.3 is 11.9 Å². The van der Waals surface area contributed by atoms with Crippen LogP contribution in [0.15, 0.2) is 0 Å². The second-order valence-corrected chi connectivity index (χ2v) is 3.71. The molecular formula is C11H18F2O4. The molecule has 17 heavy (non-hydrogen) atoms. The average Bonchev–Trinajstić information content (AvgIpc) is 2.28. The van der Waals surface area contributed by atoms with Crippen LogP contribution in [0.25, 0.3) is 0 Å². The van der Waals surface area contributed by atoms with Gasteiger partial charge in [0, 0.05) is 0 Å². The maximum Gasteiger partial charge on any atom is 0.329 e. The molecule has 0 spiro atoms. The Morgan fingerprint density at radius 1 is 1.18 bits per heavy atom. The smallest absolute Gasteiger partial charge is 0.329 e. The maximum absolute atomic E-state index is 12.8. The van der Waals surface area contributed by atoms with E-state index in [0.29, 0.717) is 6.42 Å². The lowest BCUT2D eigenvalue weighted by Gasteiger charge is -2.23. The fourth-order valence-electron chi connectivity index (χ4n) is 1.00. The Labute approximate surface area is 99.3 Å². The predicted molar refractivity (Wildman–Crippen MR) is 56.6 cm³/mol. The van der Waals surface area contributed by atoms with Crippen LogP contribution in [-0.2, 0) is 19.1 Å². The van der Waals surface area contributed by atoms with E-state index in [1.165, 1.54) is 6.92 Å². The highest BCUT2D eigenvalue weighted by atomic mass is 19.3. The summed E-state index contributed by atoms with van der Waals surface area (Å²) in [5, 5.41) is 0.